The number of methoxy groups -OCH3 is 2. The summed E-state index contributed by atoms with van der Waals surface area (Å²) in [4.78, 5) is 17.3. The first-order valence-corrected chi connectivity index (χ1v) is 5.29. The Hall–Kier alpha value is -1.78. The molecule has 0 N–H and O–H groups in total. The Balaban J connectivity index is 3.02. The molecular weight excluding hydrogens is 220 g/mol. The molecule has 5 heteroatoms. The lowest BCUT2D eigenvalue weighted by Crippen LogP contribution is -2.27. The highest BCUT2D eigenvalue weighted by Gasteiger charge is 2.15. The molecule has 0 fully saturated rings. The summed E-state index contributed by atoms with van der Waals surface area (Å²) in [6.07, 6.45) is 1.73. The Bertz CT molecular complexity index is 418. The van der Waals surface area contributed by atoms with Gasteiger partial charge in [-0.15, -0.1) is 0 Å². The van der Waals surface area contributed by atoms with Crippen molar-refractivity contribution < 1.29 is 14.3 Å². The number of ether oxygens (including phenoxy) is 2. The van der Waals surface area contributed by atoms with Crippen LogP contribution >= 0.6 is 0 Å². The minimum Gasteiger partial charge on any atom is -0.496 e. The summed E-state index contributed by atoms with van der Waals surface area (Å²) in [5.74, 6) is 1.22. The van der Waals surface area contributed by atoms with E-state index in [0.717, 1.165) is 22.7 Å². The average Bonchev–Trinajstić information content (AvgIpc) is 2.29. The van der Waals surface area contributed by atoms with E-state index in [1.54, 1.807) is 25.3 Å². The van der Waals surface area contributed by atoms with Gasteiger partial charge in [0.2, 0.25) is 0 Å². The first-order chi connectivity index (χ1) is 8.01. The maximum Gasteiger partial charge on any atom is 0.325 e. The highest BCUT2D eigenvalue weighted by Crippen LogP contribution is 2.28. The van der Waals surface area contributed by atoms with Gasteiger partial charge < -0.3 is 14.4 Å². The number of anilines is 1. The van der Waals surface area contributed by atoms with Gasteiger partial charge >= 0.3 is 5.97 Å². The lowest BCUT2D eigenvalue weighted by Gasteiger charge is -2.20. The van der Waals surface area contributed by atoms with Crippen LogP contribution in [0.25, 0.3) is 0 Å². The molecule has 0 aromatic carbocycles. The molecule has 0 saturated carbocycles. The molecule has 1 heterocycles. The highest BCUT2D eigenvalue weighted by molar-refractivity contribution is 5.75. The third-order valence-electron chi connectivity index (χ3n) is 2.57. The summed E-state index contributed by atoms with van der Waals surface area (Å²) in [5, 5.41) is 0. The van der Waals surface area contributed by atoms with E-state index in [2.05, 4.69) is 9.72 Å². The van der Waals surface area contributed by atoms with Gasteiger partial charge in [-0.05, 0) is 13.8 Å². The predicted molar refractivity (Wildman–Crippen MR) is 65.5 cm³/mol. The van der Waals surface area contributed by atoms with Gasteiger partial charge in [0.05, 0.1) is 14.2 Å². The van der Waals surface area contributed by atoms with E-state index in [9.17, 15) is 4.79 Å². The molecule has 17 heavy (non-hydrogen) atoms. The van der Waals surface area contributed by atoms with E-state index in [1.165, 1.54) is 7.11 Å². The normalized spacial score (nSPS) is 9.94. The Morgan fingerprint density at radius 3 is 2.59 bits per heavy atom. The number of hydrogen-bond donors (Lipinski definition) is 0. The van der Waals surface area contributed by atoms with Crippen LogP contribution in [0.5, 0.6) is 5.75 Å². The highest BCUT2D eigenvalue weighted by atomic mass is 16.5. The lowest BCUT2D eigenvalue weighted by atomic mass is 10.2. The molecule has 0 spiro atoms. The second-order valence-electron chi connectivity index (χ2n) is 3.86. The number of aromatic nitrogens is 1. The van der Waals surface area contributed by atoms with Crippen LogP contribution in [0.15, 0.2) is 6.20 Å². The topological polar surface area (TPSA) is 51.7 Å². The van der Waals surface area contributed by atoms with Crippen LogP contribution in [0.4, 0.5) is 5.82 Å². The number of likely N-dealkylation sites (N-methyl/N-ethyl adjacent to an activating group) is 1. The van der Waals surface area contributed by atoms with Crippen LogP contribution in [-0.2, 0) is 9.53 Å². The Morgan fingerprint density at radius 2 is 2.06 bits per heavy atom. The van der Waals surface area contributed by atoms with Crippen molar-refractivity contribution in [3.63, 3.8) is 0 Å². The first kappa shape index (κ1) is 13.3. The quantitative estimate of drug-likeness (QED) is 0.740. The van der Waals surface area contributed by atoms with Gasteiger partial charge in [0, 0.05) is 24.4 Å². The number of hydrogen-bond acceptors (Lipinski definition) is 5. The van der Waals surface area contributed by atoms with E-state index in [-0.39, 0.29) is 12.5 Å². The molecule has 0 atom stereocenters. The molecule has 0 saturated heterocycles. The first-order valence-electron chi connectivity index (χ1n) is 5.29. The minimum absolute atomic E-state index is 0.163. The third kappa shape index (κ3) is 2.87. The molecule has 1 aromatic rings. The van der Waals surface area contributed by atoms with E-state index in [1.807, 2.05) is 13.8 Å². The molecule has 0 aliphatic carbocycles. The molecule has 5 nitrogen and oxygen atoms in total. The monoisotopic (exact) mass is 238 g/mol. The number of nitrogens with zero attached hydrogens (tertiary/aromatic N) is 2. The standard InChI is InChI=1S/C12H18N2O3/c1-8-6-13-12(9(2)11(8)17-5)14(3)7-10(15)16-4/h6H,7H2,1-5H3. The van der Waals surface area contributed by atoms with Crippen molar-refractivity contribution in [3.8, 4) is 5.75 Å². The molecule has 0 radical (unpaired) electrons. The summed E-state index contributed by atoms with van der Waals surface area (Å²) in [6, 6.07) is 0. The minimum atomic E-state index is -0.298. The SMILES string of the molecule is COC(=O)CN(C)c1ncc(C)c(OC)c1C. The van der Waals surface area contributed by atoms with Gasteiger partial charge in [-0.2, -0.15) is 0 Å². The molecule has 94 valence electrons. The van der Waals surface area contributed by atoms with Gasteiger partial charge in [0.25, 0.3) is 0 Å². The fourth-order valence-electron chi connectivity index (χ4n) is 1.74. The Kier molecular flexibility index (Phi) is 4.31. The average molecular weight is 238 g/mol. The molecule has 0 unspecified atom stereocenters. The number of aryl methyl sites for hydroxylation is 1. The summed E-state index contributed by atoms with van der Waals surface area (Å²) >= 11 is 0. The maximum atomic E-state index is 11.2. The van der Waals surface area contributed by atoms with Crippen LogP contribution < -0.4 is 9.64 Å². The van der Waals surface area contributed by atoms with Gasteiger partial charge in [-0.1, -0.05) is 0 Å². The van der Waals surface area contributed by atoms with Crippen LogP contribution in [-0.4, -0.2) is 38.8 Å². The third-order valence-corrected chi connectivity index (χ3v) is 2.57. The van der Waals surface area contributed by atoms with E-state index >= 15 is 0 Å². The van der Waals surface area contributed by atoms with Crippen molar-refractivity contribution in [2.45, 2.75) is 13.8 Å². The molecule has 0 aliphatic rings. The van der Waals surface area contributed by atoms with Gasteiger partial charge in [0.1, 0.15) is 18.1 Å². The van der Waals surface area contributed by atoms with Crippen molar-refractivity contribution in [2.75, 3.05) is 32.7 Å². The second kappa shape index (κ2) is 5.52. The van der Waals surface area contributed by atoms with Crippen molar-refractivity contribution >= 4 is 11.8 Å². The summed E-state index contributed by atoms with van der Waals surface area (Å²) in [7, 11) is 4.78. The van der Waals surface area contributed by atoms with Gasteiger partial charge in [-0.3, -0.25) is 4.79 Å². The molecule has 0 aliphatic heterocycles. The summed E-state index contributed by atoms with van der Waals surface area (Å²) in [5.41, 5.74) is 1.89. The van der Waals surface area contributed by atoms with Crippen LogP contribution in [0, 0.1) is 13.8 Å². The van der Waals surface area contributed by atoms with Gasteiger partial charge in [0.15, 0.2) is 0 Å². The number of carbonyl (C=O) groups is 1. The molecular formula is C12H18N2O3. The van der Waals surface area contributed by atoms with E-state index < -0.39 is 0 Å². The fraction of sp³-hybridized carbons (Fsp3) is 0.500. The van der Waals surface area contributed by atoms with Crippen molar-refractivity contribution in [3.05, 3.63) is 17.3 Å². The zero-order chi connectivity index (χ0) is 13.0. The largest absolute Gasteiger partial charge is 0.496 e. The van der Waals surface area contributed by atoms with Gasteiger partial charge in [-0.25, -0.2) is 4.98 Å². The number of carbonyl (C=O) groups excluding carboxylic acids is 1. The van der Waals surface area contributed by atoms with Crippen molar-refractivity contribution in [1.82, 2.24) is 4.98 Å². The number of esters is 1. The van der Waals surface area contributed by atoms with Crippen LogP contribution in [0.1, 0.15) is 11.1 Å². The van der Waals surface area contributed by atoms with Crippen molar-refractivity contribution in [2.24, 2.45) is 0 Å². The number of pyridine rings is 1. The van der Waals surface area contributed by atoms with Crippen LogP contribution in [0.3, 0.4) is 0 Å². The van der Waals surface area contributed by atoms with E-state index in [0.29, 0.717) is 0 Å². The summed E-state index contributed by atoms with van der Waals surface area (Å²) in [6.45, 7) is 4.02. The maximum absolute atomic E-state index is 11.2. The lowest BCUT2D eigenvalue weighted by molar-refractivity contribution is -0.138. The molecule has 1 aromatic heterocycles. The fourth-order valence-corrected chi connectivity index (χ4v) is 1.74. The second-order valence-corrected chi connectivity index (χ2v) is 3.86. The Morgan fingerprint density at radius 1 is 1.41 bits per heavy atom. The molecule has 0 amide bonds. The number of rotatable bonds is 4. The molecule has 1 rings (SSSR count). The van der Waals surface area contributed by atoms with E-state index in [4.69, 9.17) is 4.74 Å². The zero-order valence-corrected chi connectivity index (χ0v) is 10.9. The zero-order valence-electron chi connectivity index (χ0n) is 10.9. The summed E-state index contributed by atoms with van der Waals surface area (Å²) < 4.78 is 9.94. The van der Waals surface area contributed by atoms with Crippen LogP contribution in [0.2, 0.25) is 0 Å². The Labute approximate surface area is 101 Å². The predicted octanol–water partition coefficient (Wildman–Crippen LogP) is 1.32. The van der Waals surface area contributed by atoms with Crippen molar-refractivity contribution in [1.29, 1.82) is 0 Å². The molecule has 0 bridgehead atoms. The smallest absolute Gasteiger partial charge is 0.325 e.